The van der Waals surface area contributed by atoms with Gasteiger partial charge in [-0.05, 0) is 24.1 Å². The summed E-state index contributed by atoms with van der Waals surface area (Å²) in [6.07, 6.45) is 1.91. The molecule has 0 aliphatic carbocycles. The molecule has 2 aromatic rings. The predicted octanol–water partition coefficient (Wildman–Crippen LogP) is 2.10. The smallest absolute Gasteiger partial charge is 0.353 e. The molecule has 1 heterocycles. The minimum Gasteiger partial charge on any atom is -0.493 e. The zero-order valence-electron chi connectivity index (χ0n) is 13.7. The highest BCUT2D eigenvalue weighted by atomic mass is 16.6. The van der Waals surface area contributed by atoms with Crippen LogP contribution in [0.1, 0.15) is 5.56 Å². The van der Waals surface area contributed by atoms with E-state index in [4.69, 9.17) is 9.47 Å². The Kier molecular flexibility index (Phi) is 5.72. The van der Waals surface area contributed by atoms with Crippen molar-refractivity contribution in [1.29, 1.82) is 0 Å². The van der Waals surface area contributed by atoms with Gasteiger partial charge in [0.05, 0.1) is 19.1 Å². The average Bonchev–Trinajstić information content (AvgIpc) is 2.60. The molecule has 128 valence electrons. The van der Waals surface area contributed by atoms with E-state index in [1.165, 1.54) is 6.33 Å². The van der Waals surface area contributed by atoms with Crippen LogP contribution in [-0.4, -0.2) is 42.7 Å². The van der Waals surface area contributed by atoms with Crippen molar-refractivity contribution in [2.75, 3.05) is 38.4 Å². The first kappa shape index (κ1) is 17.3. The summed E-state index contributed by atoms with van der Waals surface area (Å²) in [4.78, 5) is 18.5. The fraction of sp³-hybridized carbons (Fsp3) is 0.333. The number of aromatic nitrogens is 2. The van der Waals surface area contributed by atoms with Gasteiger partial charge in [-0.3, -0.25) is 10.1 Å². The van der Waals surface area contributed by atoms with E-state index in [1.807, 2.05) is 18.2 Å². The number of methoxy groups -OCH3 is 2. The van der Waals surface area contributed by atoms with Crippen molar-refractivity contribution in [3.8, 4) is 11.5 Å². The van der Waals surface area contributed by atoms with Crippen LogP contribution in [0.15, 0.2) is 24.5 Å². The Bertz CT molecular complexity index is 723. The minimum absolute atomic E-state index is 0.170. The summed E-state index contributed by atoms with van der Waals surface area (Å²) in [5.74, 6) is 1.64. The SMILES string of the molecule is CNc1ncnc(NCCc2ccc(OC)c(OC)c2)c1[N+](=O)[O-]. The molecule has 0 bridgehead atoms. The standard InChI is InChI=1S/C15H19N5O4/c1-16-14-13(20(21)22)15(19-9-18-14)17-7-6-10-4-5-11(23-2)12(8-10)24-3/h4-5,8-9H,6-7H2,1-3H3,(H2,16,17,18,19). The maximum absolute atomic E-state index is 11.2. The molecule has 0 aliphatic heterocycles. The van der Waals surface area contributed by atoms with E-state index >= 15 is 0 Å². The van der Waals surface area contributed by atoms with Crippen molar-refractivity contribution >= 4 is 17.3 Å². The van der Waals surface area contributed by atoms with E-state index in [0.29, 0.717) is 24.5 Å². The van der Waals surface area contributed by atoms with Crippen LogP contribution >= 0.6 is 0 Å². The van der Waals surface area contributed by atoms with E-state index in [1.54, 1.807) is 21.3 Å². The largest absolute Gasteiger partial charge is 0.493 e. The topological polar surface area (TPSA) is 111 Å². The fourth-order valence-corrected chi connectivity index (χ4v) is 2.23. The lowest BCUT2D eigenvalue weighted by Gasteiger charge is -2.11. The third-order valence-corrected chi connectivity index (χ3v) is 3.40. The highest BCUT2D eigenvalue weighted by molar-refractivity contribution is 5.69. The van der Waals surface area contributed by atoms with Gasteiger partial charge in [-0.1, -0.05) is 6.07 Å². The van der Waals surface area contributed by atoms with Gasteiger partial charge < -0.3 is 20.1 Å². The highest BCUT2D eigenvalue weighted by Gasteiger charge is 2.21. The lowest BCUT2D eigenvalue weighted by Crippen LogP contribution is -2.10. The van der Waals surface area contributed by atoms with Gasteiger partial charge in [-0.2, -0.15) is 0 Å². The lowest BCUT2D eigenvalue weighted by atomic mass is 10.1. The fourth-order valence-electron chi connectivity index (χ4n) is 2.23. The van der Waals surface area contributed by atoms with Gasteiger partial charge in [0.2, 0.25) is 11.6 Å². The molecule has 9 nitrogen and oxygen atoms in total. The predicted molar refractivity (Wildman–Crippen MR) is 90.0 cm³/mol. The average molecular weight is 333 g/mol. The summed E-state index contributed by atoms with van der Waals surface area (Å²) >= 11 is 0. The first-order valence-corrected chi connectivity index (χ1v) is 7.22. The molecule has 0 saturated carbocycles. The molecule has 0 unspecified atom stereocenters. The molecule has 9 heteroatoms. The zero-order chi connectivity index (χ0) is 17.5. The molecule has 0 radical (unpaired) electrons. The number of nitrogens with one attached hydrogen (secondary N) is 2. The molecule has 0 aliphatic rings. The Morgan fingerprint density at radius 2 is 1.88 bits per heavy atom. The zero-order valence-corrected chi connectivity index (χ0v) is 13.7. The maximum Gasteiger partial charge on any atom is 0.353 e. The van der Waals surface area contributed by atoms with Crippen LogP contribution in [0.5, 0.6) is 11.5 Å². The monoisotopic (exact) mass is 333 g/mol. The quantitative estimate of drug-likeness (QED) is 0.558. The normalized spacial score (nSPS) is 10.1. The van der Waals surface area contributed by atoms with Gasteiger partial charge in [0.1, 0.15) is 6.33 Å². The number of benzene rings is 1. The number of ether oxygens (including phenoxy) is 2. The third-order valence-electron chi connectivity index (χ3n) is 3.40. The summed E-state index contributed by atoms with van der Waals surface area (Å²) in [5, 5.41) is 16.9. The summed E-state index contributed by atoms with van der Waals surface area (Å²) in [5.41, 5.74) is 0.831. The lowest BCUT2D eigenvalue weighted by molar-refractivity contribution is -0.383. The van der Waals surface area contributed by atoms with Gasteiger partial charge in [0, 0.05) is 13.6 Å². The highest BCUT2D eigenvalue weighted by Crippen LogP contribution is 2.29. The molecule has 0 saturated heterocycles. The first-order valence-electron chi connectivity index (χ1n) is 7.22. The van der Waals surface area contributed by atoms with Crippen LogP contribution in [0.4, 0.5) is 17.3 Å². The van der Waals surface area contributed by atoms with E-state index in [-0.39, 0.29) is 17.3 Å². The number of hydrogen-bond acceptors (Lipinski definition) is 8. The van der Waals surface area contributed by atoms with Gasteiger partial charge in [0.25, 0.3) is 0 Å². The molecule has 0 spiro atoms. The van der Waals surface area contributed by atoms with Crippen LogP contribution < -0.4 is 20.1 Å². The van der Waals surface area contributed by atoms with Gasteiger partial charge >= 0.3 is 5.69 Å². The molecule has 1 aromatic heterocycles. The Hall–Kier alpha value is -3.10. The number of anilines is 2. The van der Waals surface area contributed by atoms with Gasteiger partial charge in [-0.25, -0.2) is 9.97 Å². The molecule has 2 N–H and O–H groups in total. The second-order valence-corrected chi connectivity index (χ2v) is 4.79. The van der Waals surface area contributed by atoms with E-state index in [0.717, 1.165) is 5.56 Å². The van der Waals surface area contributed by atoms with Gasteiger partial charge in [0.15, 0.2) is 11.5 Å². The summed E-state index contributed by atoms with van der Waals surface area (Å²) in [7, 11) is 4.72. The molecular formula is C15H19N5O4. The second-order valence-electron chi connectivity index (χ2n) is 4.79. The van der Waals surface area contributed by atoms with Crippen molar-refractivity contribution in [1.82, 2.24) is 9.97 Å². The van der Waals surface area contributed by atoms with Crippen LogP contribution in [0.25, 0.3) is 0 Å². The van der Waals surface area contributed by atoms with Crippen LogP contribution in [0.2, 0.25) is 0 Å². The Morgan fingerprint density at radius 3 is 2.50 bits per heavy atom. The molecule has 0 atom stereocenters. The van der Waals surface area contributed by atoms with Crippen LogP contribution in [-0.2, 0) is 6.42 Å². The van der Waals surface area contributed by atoms with Crippen molar-refractivity contribution in [2.24, 2.45) is 0 Å². The molecule has 2 rings (SSSR count). The van der Waals surface area contributed by atoms with Crippen molar-refractivity contribution in [3.63, 3.8) is 0 Å². The first-order chi connectivity index (χ1) is 11.6. The number of hydrogen-bond donors (Lipinski definition) is 2. The summed E-state index contributed by atoms with van der Waals surface area (Å²) in [6.45, 7) is 0.469. The number of nitro groups is 1. The van der Waals surface area contributed by atoms with Crippen molar-refractivity contribution in [3.05, 3.63) is 40.2 Å². The van der Waals surface area contributed by atoms with E-state index in [9.17, 15) is 10.1 Å². The summed E-state index contributed by atoms with van der Waals surface area (Å²) in [6, 6.07) is 5.60. The molecule has 1 aromatic carbocycles. The molecule has 24 heavy (non-hydrogen) atoms. The Balaban J connectivity index is 2.09. The van der Waals surface area contributed by atoms with E-state index in [2.05, 4.69) is 20.6 Å². The van der Waals surface area contributed by atoms with Crippen LogP contribution in [0.3, 0.4) is 0 Å². The minimum atomic E-state index is -0.509. The maximum atomic E-state index is 11.2. The Morgan fingerprint density at radius 1 is 1.17 bits per heavy atom. The molecular weight excluding hydrogens is 314 g/mol. The number of rotatable bonds is 8. The van der Waals surface area contributed by atoms with Crippen molar-refractivity contribution in [2.45, 2.75) is 6.42 Å². The number of nitrogens with zero attached hydrogens (tertiary/aromatic N) is 3. The van der Waals surface area contributed by atoms with Gasteiger partial charge in [-0.15, -0.1) is 0 Å². The van der Waals surface area contributed by atoms with E-state index < -0.39 is 4.92 Å². The Labute approximate surface area is 139 Å². The third kappa shape index (κ3) is 3.80. The summed E-state index contributed by atoms with van der Waals surface area (Å²) < 4.78 is 10.5. The molecule has 0 fully saturated rings. The molecule has 0 amide bonds. The second kappa shape index (κ2) is 7.95. The van der Waals surface area contributed by atoms with Crippen LogP contribution in [0, 0.1) is 10.1 Å². The van der Waals surface area contributed by atoms with Crippen molar-refractivity contribution < 1.29 is 14.4 Å².